The Kier molecular flexibility index (Phi) is 2.43. The van der Waals surface area contributed by atoms with E-state index < -0.39 is 0 Å². The molecule has 0 saturated carbocycles. The summed E-state index contributed by atoms with van der Waals surface area (Å²) < 4.78 is 2.44. The molecule has 2 heterocycles. The van der Waals surface area contributed by atoms with Crippen LogP contribution in [0, 0.1) is 0 Å². The zero-order valence-electron chi connectivity index (χ0n) is 6.98. The van der Waals surface area contributed by atoms with Crippen LogP contribution in [-0.4, -0.2) is 14.8 Å². The Morgan fingerprint density at radius 1 is 1.43 bits per heavy atom. The number of aromatic nitrogens is 3. The summed E-state index contributed by atoms with van der Waals surface area (Å²) in [5.74, 6) is 0.440. The van der Waals surface area contributed by atoms with E-state index in [1.54, 1.807) is 29.3 Å². The van der Waals surface area contributed by atoms with Gasteiger partial charge in [0.1, 0.15) is 5.82 Å². The highest BCUT2D eigenvalue weighted by molar-refractivity contribution is 9.10. The van der Waals surface area contributed by atoms with Gasteiger partial charge in [0.25, 0.3) is 0 Å². The van der Waals surface area contributed by atoms with Crippen molar-refractivity contribution in [1.82, 2.24) is 14.8 Å². The number of anilines is 1. The average molecular weight is 274 g/mol. The van der Waals surface area contributed by atoms with Crippen LogP contribution in [0.1, 0.15) is 0 Å². The Morgan fingerprint density at radius 3 is 2.86 bits per heavy atom. The van der Waals surface area contributed by atoms with Gasteiger partial charge in [0.15, 0.2) is 0 Å². The molecule has 0 aliphatic heterocycles. The number of hydrogen-bond acceptors (Lipinski definition) is 3. The van der Waals surface area contributed by atoms with Gasteiger partial charge in [-0.3, -0.25) is 0 Å². The minimum Gasteiger partial charge on any atom is -0.384 e. The Bertz CT molecular complexity index is 468. The SMILES string of the molecule is Nc1cc(-n2cc(Cl)cn2)c(Br)cn1. The van der Waals surface area contributed by atoms with Crippen LogP contribution in [0.4, 0.5) is 5.82 Å². The normalized spacial score (nSPS) is 10.4. The third-order valence-electron chi connectivity index (χ3n) is 1.65. The van der Waals surface area contributed by atoms with Crippen molar-refractivity contribution in [3.8, 4) is 5.69 Å². The molecule has 4 nitrogen and oxygen atoms in total. The lowest BCUT2D eigenvalue weighted by Gasteiger charge is -2.04. The second-order valence-corrected chi connectivity index (χ2v) is 3.95. The van der Waals surface area contributed by atoms with Crippen molar-refractivity contribution in [1.29, 1.82) is 0 Å². The maximum atomic E-state index is 5.76. The van der Waals surface area contributed by atoms with Gasteiger partial charge in [-0.05, 0) is 15.9 Å². The van der Waals surface area contributed by atoms with Crippen LogP contribution < -0.4 is 5.73 Å². The van der Waals surface area contributed by atoms with E-state index in [1.165, 1.54) is 0 Å². The molecule has 6 heteroatoms. The lowest BCUT2D eigenvalue weighted by atomic mass is 10.4. The molecule has 14 heavy (non-hydrogen) atoms. The van der Waals surface area contributed by atoms with Gasteiger partial charge in [-0.1, -0.05) is 11.6 Å². The maximum absolute atomic E-state index is 5.76. The highest BCUT2D eigenvalue weighted by Gasteiger charge is 2.04. The second kappa shape index (κ2) is 3.59. The van der Waals surface area contributed by atoms with Gasteiger partial charge >= 0.3 is 0 Å². The molecule has 0 bridgehead atoms. The third kappa shape index (κ3) is 1.73. The summed E-state index contributed by atoms with van der Waals surface area (Å²) in [5, 5.41) is 4.64. The summed E-state index contributed by atoms with van der Waals surface area (Å²) in [6, 6.07) is 1.72. The van der Waals surface area contributed by atoms with Crippen molar-refractivity contribution >= 4 is 33.3 Å². The number of nitrogens with two attached hydrogens (primary N) is 1. The topological polar surface area (TPSA) is 56.7 Å². The number of nitrogens with zero attached hydrogens (tertiary/aromatic N) is 3. The first-order chi connectivity index (χ1) is 6.66. The van der Waals surface area contributed by atoms with Gasteiger partial charge in [0, 0.05) is 18.5 Å². The standard InChI is InChI=1S/C8H6BrClN4/c9-6-3-12-8(11)1-7(6)14-4-5(10)2-13-14/h1-4H,(H2,11,12). The third-order valence-corrected chi connectivity index (χ3v) is 2.46. The summed E-state index contributed by atoms with van der Waals surface area (Å²) in [6.07, 6.45) is 4.88. The van der Waals surface area contributed by atoms with Crippen molar-refractivity contribution in [2.24, 2.45) is 0 Å². The molecule has 72 valence electrons. The Hall–Kier alpha value is -1.07. The largest absolute Gasteiger partial charge is 0.384 e. The first kappa shape index (κ1) is 9.48. The van der Waals surface area contributed by atoms with E-state index in [9.17, 15) is 0 Å². The Balaban J connectivity index is 2.55. The van der Waals surface area contributed by atoms with E-state index in [2.05, 4.69) is 26.0 Å². The summed E-state index contributed by atoms with van der Waals surface area (Å²) in [5.41, 5.74) is 6.38. The van der Waals surface area contributed by atoms with Gasteiger partial charge in [-0.15, -0.1) is 0 Å². The predicted molar refractivity (Wildman–Crippen MR) is 58.5 cm³/mol. The van der Waals surface area contributed by atoms with Crippen molar-refractivity contribution in [3.05, 3.63) is 34.2 Å². The quantitative estimate of drug-likeness (QED) is 0.867. The number of pyridine rings is 1. The number of rotatable bonds is 1. The molecule has 0 unspecified atom stereocenters. The van der Waals surface area contributed by atoms with Crippen LogP contribution in [0.15, 0.2) is 29.1 Å². The molecule has 0 spiro atoms. The monoisotopic (exact) mass is 272 g/mol. The molecular weight excluding hydrogens is 267 g/mol. The number of hydrogen-bond donors (Lipinski definition) is 1. The van der Waals surface area contributed by atoms with Crippen molar-refractivity contribution in [3.63, 3.8) is 0 Å². The van der Waals surface area contributed by atoms with Crippen LogP contribution in [0.25, 0.3) is 5.69 Å². The fraction of sp³-hybridized carbons (Fsp3) is 0. The van der Waals surface area contributed by atoms with Crippen molar-refractivity contribution < 1.29 is 0 Å². The summed E-state index contributed by atoms with van der Waals surface area (Å²) in [6.45, 7) is 0. The van der Waals surface area contributed by atoms with Crippen LogP contribution in [0.5, 0.6) is 0 Å². The summed E-state index contributed by atoms with van der Waals surface area (Å²) in [4.78, 5) is 3.93. The van der Waals surface area contributed by atoms with Gasteiger partial charge in [0.2, 0.25) is 0 Å². The summed E-state index contributed by atoms with van der Waals surface area (Å²) in [7, 11) is 0. The lowest BCUT2D eigenvalue weighted by Crippen LogP contribution is -1.98. The van der Waals surface area contributed by atoms with Crippen LogP contribution in [0.3, 0.4) is 0 Å². The van der Waals surface area contributed by atoms with Crippen molar-refractivity contribution in [2.45, 2.75) is 0 Å². The first-order valence-corrected chi connectivity index (χ1v) is 4.95. The molecule has 2 rings (SSSR count). The minimum absolute atomic E-state index is 0.440. The first-order valence-electron chi connectivity index (χ1n) is 3.78. The zero-order chi connectivity index (χ0) is 10.1. The highest BCUT2D eigenvalue weighted by Crippen LogP contribution is 2.22. The molecule has 0 aliphatic carbocycles. The van der Waals surface area contributed by atoms with Gasteiger partial charge in [-0.2, -0.15) is 5.10 Å². The smallest absolute Gasteiger partial charge is 0.125 e. The molecular formula is C8H6BrClN4. The van der Waals surface area contributed by atoms with Gasteiger partial charge < -0.3 is 5.73 Å². The van der Waals surface area contributed by atoms with Crippen LogP contribution in [0.2, 0.25) is 5.02 Å². The second-order valence-electron chi connectivity index (χ2n) is 2.66. The van der Waals surface area contributed by atoms with Crippen molar-refractivity contribution in [2.75, 3.05) is 5.73 Å². The van der Waals surface area contributed by atoms with E-state index in [4.69, 9.17) is 17.3 Å². The van der Waals surface area contributed by atoms with Crippen LogP contribution in [-0.2, 0) is 0 Å². The number of nitrogen functional groups attached to an aromatic ring is 1. The zero-order valence-corrected chi connectivity index (χ0v) is 9.33. The molecule has 2 aromatic heterocycles. The van der Waals surface area contributed by atoms with E-state index in [0.29, 0.717) is 10.8 Å². The van der Waals surface area contributed by atoms with E-state index in [1.807, 2.05) is 0 Å². The van der Waals surface area contributed by atoms with Gasteiger partial charge in [0.05, 0.1) is 21.4 Å². The number of halogens is 2. The average Bonchev–Trinajstić information content (AvgIpc) is 2.56. The molecule has 0 atom stereocenters. The lowest BCUT2D eigenvalue weighted by molar-refractivity contribution is 0.873. The maximum Gasteiger partial charge on any atom is 0.125 e. The van der Waals surface area contributed by atoms with E-state index in [0.717, 1.165) is 10.2 Å². The molecule has 0 aromatic carbocycles. The Morgan fingerprint density at radius 2 is 2.21 bits per heavy atom. The molecule has 0 fully saturated rings. The van der Waals surface area contributed by atoms with Crippen LogP contribution >= 0.6 is 27.5 Å². The Labute approximate surface area is 93.8 Å². The minimum atomic E-state index is 0.440. The molecule has 0 amide bonds. The summed E-state index contributed by atoms with van der Waals surface area (Å²) >= 11 is 9.11. The highest BCUT2D eigenvalue weighted by atomic mass is 79.9. The fourth-order valence-corrected chi connectivity index (χ4v) is 1.59. The fourth-order valence-electron chi connectivity index (χ4n) is 1.05. The van der Waals surface area contributed by atoms with E-state index in [-0.39, 0.29) is 0 Å². The molecule has 2 aromatic rings. The molecule has 0 aliphatic rings. The molecule has 0 radical (unpaired) electrons. The van der Waals surface area contributed by atoms with E-state index >= 15 is 0 Å². The molecule has 0 saturated heterocycles. The predicted octanol–water partition coefficient (Wildman–Crippen LogP) is 2.27. The molecule has 2 N–H and O–H groups in total. The van der Waals surface area contributed by atoms with Gasteiger partial charge in [-0.25, -0.2) is 9.67 Å².